The molecular formula is C12H10N2O2. The summed E-state index contributed by atoms with van der Waals surface area (Å²) in [5, 5.41) is 13.5. The summed E-state index contributed by atoms with van der Waals surface area (Å²) in [6.07, 6.45) is 2.19. The van der Waals surface area contributed by atoms with Crippen molar-refractivity contribution in [2.24, 2.45) is 0 Å². The molecule has 0 bridgehead atoms. The average Bonchev–Trinajstić information content (AvgIpc) is 2.28. The van der Waals surface area contributed by atoms with Crippen LogP contribution in [0.1, 0.15) is 5.69 Å². The largest absolute Gasteiger partial charge is 0.508 e. The fraction of sp³-hybridized carbons (Fsp3) is 0. The lowest BCUT2D eigenvalue weighted by Crippen LogP contribution is -2.08. The van der Waals surface area contributed by atoms with Gasteiger partial charge in [-0.15, -0.1) is 0 Å². The number of carbonyl (C=O) groups excluding carboxylic acids is 1. The highest BCUT2D eigenvalue weighted by molar-refractivity contribution is 5.86. The van der Waals surface area contributed by atoms with Crippen LogP contribution in [-0.4, -0.2) is 16.5 Å². The Labute approximate surface area is 92.2 Å². The van der Waals surface area contributed by atoms with Gasteiger partial charge in [0, 0.05) is 11.6 Å². The quantitative estimate of drug-likeness (QED) is 0.764. The van der Waals surface area contributed by atoms with Crippen LogP contribution in [0.2, 0.25) is 0 Å². The zero-order valence-corrected chi connectivity index (χ0v) is 8.47. The molecule has 0 unspecified atom stereocenters. The van der Waals surface area contributed by atoms with Crippen LogP contribution in [0.4, 0.5) is 0 Å². The lowest BCUT2D eigenvalue weighted by molar-refractivity contribution is -0.108. The molecule has 0 aliphatic rings. The Kier molecular flexibility index (Phi) is 2.55. The number of aromatic nitrogens is 1. The summed E-state index contributed by atoms with van der Waals surface area (Å²) in [6, 6.07) is 6.81. The smallest absolute Gasteiger partial charge is 0.211 e. The molecule has 0 saturated carbocycles. The Bertz CT molecular complexity index is 564. The third-order valence-corrected chi connectivity index (χ3v) is 2.25. The maximum atomic E-state index is 10.3. The van der Waals surface area contributed by atoms with Crippen molar-refractivity contribution in [1.82, 2.24) is 10.3 Å². The number of pyridine rings is 1. The van der Waals surface area contributed by atoms with Gasteiger partial charge < -0.3 is 10.4 Å². The molecular weight excluding hydrogens is 204 g/mol. The summed E-state index contributed by atoms with van der Waals surface area (Å²) in [4.78, 5) is 14.4. The third-order valence-electron chi connectivity index (χ3n) is 2.25. The molecule has 2 aromatic rings. The summed E-state index contributed by atoms with van der Waals surface area (Å²) in [7, 11) is 0. The molecule has 2 N–H and O–H groups in total. The van der Waals surface area contributed by atoms with Crippen molar-refractivity contribution in [2.45, 2.75) is 0 Å². The number of nitrogens with one attached hydrogen (secondary N) is 1. The molecule has 4 nitrogen and oxygen atoms in total. The summed E-state index contributed by atoms with van der Waals surface area (Å²) in [5.41, 5.74) is 1.05. The Morgan fingerprint density at radius 3 is 2.94 bits per heavy atom. The van der Waals surface area contributed by atoms with Crippen LogP contribution in [-0.2, 0) is 4.79 Å². The number of hydrogen-bond acceptors (Lipinski definition) is 3. The Morgan fingerprint density at radius 1 is 1.38 bits per heavy atom. The standard InChI is InChI=1S/C12H10N2O2/c1-8(14-7-15)12-5-9-2-3-11(16)4-10(9)6-13-12/h2-7,16H,1H2,(H,14,15). The Morgan fingerprint density at radius 2 is 2.19 bits per heavy atom. The highest BCUT2D eigenvalue weighted by atomic mass is 16.3. The summed E-state index contributed by atoms with van der Waals surface area (Å²) in [5.74, 6) is 0.201. The molecule has 0 aliphatic heterocycles. The molecule has 1 amide bonds. The maximum absolute atomic E-state index is 10.3. The zero-order chi connectivity index (χ0) is 11.5. The molecule has 0 atom stereocenters. The number of phenols is 1. The van der Waals surface area contributed by atoms with E-state index in [1.807, 2.05) is 0 Å². The second kappa shape index (κ2) is 4.02. The van der Waals surface area contributed by atoms with Gasteiger partial charge in [0.05, 0.1) is 11.4 Å². The lowest BCUT2D eigenvalue weighted by Gasteiger charge is -2.04. The van der Waals surface area contributed by atoms with E-state index in [0.29, 0.717) is 17.8 Å². The molecule has 0 saturated heterocycles. The van der Waals surface area contributed by atoms with Crippen LogP contribution >= 0.6 is 0 Å². The summed E-state index contributed by atoms with van der Waals surface area (Å²) in [6.45, 7) is 3.68. The van der Waals surface area contributed by atoms with E-state index >= 15 is 0 Å². The highest BCUT2D eigenvalue weighted by Gasteiger charge is 2.02. The molecule has 0 aliphatic carbocycles. The van der Waals surface area contributed by atoms with Crippen molar-refractivity contribution < 1.29 is 9.90 Å². The molecule has 4 heteroatoms. The van der Waals surface area contributed by atoms with Gasteiger partial charge in [0.2, 0.25) is 6.41 Å². The molecule has 2 rings (SSSR count). The van der Waals surface area contributed by atoms with Gasteiger partial charge in [-0.2, -0.15) is 0 Å². The van der Waals surface area contributed by atoms with E-state index in [4.69, 9.17) is 0 Å². The third kappa shape index (κ3) is 1.86. The van der Waals surface area contributed by atoms with Crippen molar-refractivity contribution >= 4 is 22.9 Å². The van der Waals surface area contributed by atoms with Crippen molar-refractivity contribution in [3.05, 3.63) is 42.7 Å². The van der Waals surface area contributed by atoms with Gasteiger partial charge in [-0.3, -0.25) is 9.78 Å². The first kappa shape index (κ1) is 10.2. The van der Waals surface area contributed by atoms with E-state index in [2.05, 4.69) is 16.9 Å². The van der Waals surface area contributed by atoms with Gasteiger partial charge in [-0.1, -0.05) is 12.6 Å². The highest BCUT2D eigenvalue weighted by Crippen LogP contribution is 2.21. The number of amides is 1. The molecule has 0 spiro atoms. The lowest BCUT2D eigenvalue weighted by atomic mass is 10.1. The van der Waals surface area contributed by atoms with Gasteiger partial charge in [0.15, 0.2) is 0 Å². The molecule has 1 aromatic heterocycles. The van der Waals surface area contributed by atoms with Gasteiger partial charge in [-0.05, 0) is 23.6 Å². The Hall–Kier alpha value is -2.36. The van der Waals surface area contributed by atoms with Gasteiger partial charge >= 0.3 is 0 Å². The number of aromatic hydroxyl groups is 1. The van der Waals surface area contributed by atoms with Crippen molar-refractivity contribution in [2.75, 3.05) is 0 Å². The number of benzene rings is 1. The number of fused-ring (bicyclic) bond motifs is 1. The molecule has 16 heavy (non-hydrogen) atoms. The van der Waals surface area contributed by atoms with E-state index in [9.17, 15) is 9.90 Å². The first-order chi connectivity index (χ1) is 7.70. The van der Waals surface area contributed by atoms with Gasteiger partial charge in [-0.25, -0.2) is 0 Å². The number of carbonyl (C=O) groups is 1. The van der Waals surface area contributed by atoms with Crippen molar-refractivity contribution in [3.8, 4) is 5.75 Å². The van der Waals surface area contributed by atoms with Crippen LogP contribution in [0.15, 0.2) is 37.0 Å². The fourth-order valence-corrected chi connectivity index (χ4v) is 1.44. The second-order valence-electron chi connectivity index (χ2n) is 3.34. The van der Waals surface area contributed by atoms with Crippen LogP contribution in [0.25, 0.3) is 16.5 Å². The SMILES string of the molecule is C=C(NC=O)c1cc2ccc(O)cc2cn1. The fourth-order valence-electron chi connectivity index (χ4n) is 1.44. The summed E-state index contributed by atoms with van der Waals surface area (Å²) < 4.78 is 0. The minimum atomic E-state index is 0.201. The van der Waals surface area contributed by atoms with Gasteiger partial charge in [0.25, 0.3) is 0 Å². The van der Waals surface area contributed by atoms with Crippen LogP contribution in [0.5, 0.6) is 5.75 Å². The average molecular weight is 214 g/mol. The predicted molar refractivity (Wildman–Crippen MR) is 61.6 cm³/mol. The van der Waals surface area contributed by atoms with E-state index in [1.54, 1.807) is 30.5 Å². The number of phenolic OH excluding ortho intramolecular Hbond substituents is 1. The molecule has 0 radical (unpaired) electrons. The first-order valence-corrected chi connectivity index (χ1v) is 4.69. The molecule has 0 fully saturated rings. The van der Waals surface area contributed by atoms with E-state index < -0.39 is 0 Å². The number of nitrogens with zero attached hydrogens (tertiary/aromatic N) is 1. The summed E-state index contributed by atoms with van der Waals surface area (Å²) >= 11 is 0. The molecule has 80 valence electrons. The number of rotatable bonds is 3. The van der Waals surface area contributed by atoms with Gasteiger partial charge in [0.1, 0.15) is 5.75 Å². The minimum absolute atomic E-state index is 0.201. The molecule has 1 aromatic carbocycles. The van der Waals surface area contributed by atoms with E-state index in [0.717, 1.165) is 10.8 Å². The van der Waals surface area contributed by atoms with Crippen LogP contribution < -0.4 is 5.32 Å². The Balaban J connectivity index is 2.48. The minimum Gasteiger partial charge on any atom is -0.508 e. The van der Waals surface area contributed by atoms with Crippen LogP contribution in [0, 0.1) is 0 Å². The van der Waals surface area contributed by atoms with E-state index in [1.165, 1.54) is 0 Å². The maximum Gasteiger partial charge on any atom is 0.211 e. The predicted octanol–water partition coefficient (Wildman–Crippen LogP) is 1.66. The van der Waals surface area contributed by atoms with Crippen molar-refractivity contribution in [3.63, 3.8) is 0 Å². The normalized spacial score (nSPS) is 10.0. The second-order valence-corrected chi connectivity index (χ2v) is 3.34. The molecule has 1 heterocycles. The topological polar surface area (TPSA) is 62.2 Å². The number of hydrogen-bond donors (Lipinski definition) is 2. The zero-order valence-electron chi connectivity index (χ0n) is 8.47. The van der Waals surface area contributed by atoms with E-state index in [-0.39, 0.29) is 5.75 Å². The first-order valence-electron chi connectivity index (χ1n) is 4.69. The van der Waals surface area contributed by atoms with Crippen LogP contribution in [0.3, 0.4) is 0 Å². The van der Waals surface area contributed by atoms with Crippen molar-refractivity contribution in [1.29, 1.82) is 0 Å². The monoisotopic (exact) mass is 214 g/mol.